The summed E-state index contributed by atoms with van der Waals surface area (Å²) in [4.78, 5) is 0. The van der Waals surface area contributed by atoms with Gasteiger partial charge in [-0.1, -0.05) is 12.1 Å². The normalized spacial score (nSPS) is 13.1. The van der Waals surface area contributed by atoms with Crippen LogP contribution in [-0.2, 0) is 6.42 Å². The maximum atomic E-state index is 9.59. The molecule has 1 aromatic heterocycles. The van der Waals surface area contributed by atoms with Crippen LogP contribution in [0.25, 0.3) is 11.1 Å². The SMILES string of the molecule is COc1ccc(C2=C(c3occc3C#N)c3cc(OC)cc(C)c3CC2)cc1. The zero-order valence-corrected chi connectivity index (χ0v) is 16.2. The predicted octanol–water partition coefficient (Wildman–Crippen LogP) is 5.38. The van der Waals surface area contributed by atoms with E-state index in [1.807, 2.05) is 18.2 Å². The predicted molar refractivity (Wildman–Crippen MR) is 108 cm³/mol. The minimum Gasteiger partial charge on any atom is -0.497 e. The number of rotatable bonds is 4. The summed E-state index contributed by atoms with van der Waals surface area (Å²) in [5, 5.41) is 9.59. The summed E-state index contributed by atoms with van der Waals surface area (Å²) in [5.41, 5.74) is 7.29. The zero-order valence-electron chi connectivity index (χ0n) is 16.2. The van der Waals surface area contributed by atoms with E-state index in [4.69, 9.17) is 13.9 Å². The highest BCUT2D eigenvalue weighted by molar-refractivity contribution is 6.01. The molecule has 3 aromatic rings. The minimum atomic E-state index is 0.536. The molecular formula is C24H21NO3. The fraction of sp³-hybridized carbons (Fsp3) is 0.208. The first-order valence-electron chi connectivity index (χ1n) is 9.19. The lowest BCUT2D eigenvalue weighted by Crippen LogP contribution is -2.09. The number of aryl methyl sites for hydroxylation is 1. The van der Waals surface area contributed by atoms with Crippen LogP contribution in [0.15, 0.2) is 53.1 Å². The van der Waals surface area contributed by atoms with Gasteiger partial charge in [-0.3, -0.25) is 0 Å². The molecule has 0 radical (unpaired) electrons. The Balaban J connectivity index is 2.02. The third-order valence-electron chi connectivity index (χ3n) is 5.33. The third-order valence-corrected chi connectivity index (χ3v) is 5.33. The molecule has 0 unspecified atom stereocenters. The number of benzene rings is 2. The molecule has 28 heavy (non-hydrogen) atoms. The summed E-state index contributed by atoms with van der Waals surface area (Å²) >= 11 is 0. The number of ether oxygens (including phenoxy) is 2. The Kier molecular flexibility index (Phi) is 4.67. The molecule has 0 spiro atoms. The van der Waals surface area contributed by atoms with Gasteiger partial charge in [0.25, 0.3) is 0 Å². The van der Waals surface area contributed by atoms with Crippen LogP contribution in [0.5, 0.6) is 11.5 Å². The lowest BCUT2D eigenvalue weighted by molar-refractivity contribution is 0.414. The van der Waals surface area contributed by atoms with Crippen LogP contribution in [0.4, 0.5) is 0 Å². The Morgan fingerprint density at radius 3 is 2.39 bits per heavy atom. The molecule has 140 valence electrons. The van der Waals surface area contributed by atoms with Gasteiger partial charge in [-0.2, -0.15) is 5.26 Å². The average Bonchev–Trinajstić information content (AvgIpc) is 3.21. The van der Waals surface area contributed by atoms with E-state index in [-0.39, 0.29) is 0 Å². The van der Waals surface area contributed by atoms with E-state index in [1.165, 1.54) is 11.1 Å². The molecule has 1 heterocycles. The molecule has 2 aromatic carbocycles. The standard InChI is InChI=1S/C24H21NO3/c1-15-12-19(27-3)13-22-20(15)8-9-21(16-4-6-18(26-2)7-5-16)23(22)24-17(14-25)10-11-28-24/h4-7,10-13H,8-9H2,1-3H3. The molecule has 0 fully saturated rings. The van der Waals surface area contributed by atoms with Crippen molar-refractivity contribution >= 4 is 11.1 Å². The smallest absolute Gasteiger partial charge is 0.152 e. The quantitative estimate of drug-likeness (QED) is 0.618. The molecular weight excluding hydrogens is 350 g/mol. The Labute approximate surface area is 164 Å². The van der Waals surface area contributed by atoms with Crippen LogP contribution >= 0.6 is 0 Å². The number of hydrogen-bond donors (Lipinski definition) is 0. The molecule has 0 N–H and O–H groups in total. The topological polar surface area (TPSA) is 55.4 Å². The van der Waals surface area contributed by atoms with Gasteiger partial charge >= 0.3 is 0 Å². The largest absolute Gasteiger partial charge is 0.497 e. The lowest BCUT2D eigenvalue weighted by atomic mass is 9.79. The average molecular weight is 371 g/mol. The summed E-state index contributed by atoms with van der Waals surface area (Å²) in [6.45, 7) is 2.10. The van der Waals surface area contributed by atoms with Gasteiger partial charge in [-0.05, 0) is 77.9 Å². The fourth-order valence-corrected chi connectivity index (χ4v) is 3.93. The van der Waals surface area contributed by atoms with Gasteiger partial charge in [0.15, 0.2) is 5.76 Å². The molecule has 4 heteroatoms. The van der Waals surface area contributed by atoms with Gasteiger partial charge in [0, 0.05) is 5.57 Å². The molecule has 0 amide bonds. The summed E-state index contributed by atoms with van der Waals surface area (Å²) in [6.07, 6.45) is 3.37. The highest BCUT2D eigenvalue weighted by Crippen LogP contribution is 2.44. The number of hydrogen-bond acceptors (Lipinski definition) is 4. The van der Waals surface area contributed by atoms with Crippen LogP contribution in [-0.4, -0.2) is 14.2 Å². The second kappa shape index (κ2) is 7.28. The van der Waals surface area contributed by atoms with Crippen molar-refractivity contribution in [3.63, 3.8) is 0 Å². The van der Waals surface area contributed by atoms with Gasteiger partial charge in [0.05, 0.1) is 26.0 Å². The van der Waals surface area contributed by atoms with E-state index < -0.39 is 0 Å². The van der Waals surface area contributed by atoms with Gasteiger partial charge in [-0.15, -0.1) is 0 Å². The lowest BCUT2D eigenvalue weighted by Gasteiger charge is -2.25. The van der Waals surface area contributed by atoms with Crippen LogP contribution in [0.1, 0.15) is 40.0 Å². The van der Waals surface area contributed by atoms with Crippen LogP contribution in [0.2, 0.25) is 0 Å². The highest BCUT2D eigenvalue weighted by Gasteiger charge is 2.27. The number of fused-ring (bicyclic) bond motifs is 1. The molecule has 0 saturated heterocycles. The van der Waals surface area contributed by atoms with Crippen molar-refractivity contribution in [2.24, 2.45) is 0 Å². The van der Waals surface area contributed by atoms with Crippen molar-refractivity contribution in [2.75, 3.05) is 14.2 Å². The fourth-order valence-electron chi connectivity index (χ4n) is 3.93. The second-order valence-electron chi connectivity index (χ2n) is 6.83. The Hall–Kier alpha value is -3.45. The number of nitriles is 1. The number of nitrogens with zero attached hydrogens (tertiary/aromatic N) is 1. The summed E-state index contributed by atoms with van der Waals surface area (Å²) in [5.74, 6) is 2.23. The molecule has 1 aliphatic rings. The van der Waals surface area contributed by atoms with Gasteiger partial charge in [-0.25, -0.2) is 0 Å². The monoisotopic (exact) mass is 371 g/mol. The Morgan fingerprint density at radius 1 is 0.964 bits per heavy atom. The highest BCUT2D eigenvalue weighted by atomic mass is 16.5. The van der Waals surface area contributed by atoms with Gasteiger partial charge in [0.1, 0.15) is 17.6 Å². The molecule has 0 bridgehead atoms. The van der Waals surface area contributed by atoms with Crippen LogP contribution in [0, 0.1) is 18.3 Å². The first-order valence-corrected chi connectivity index (χ1v) is 9.19. The van der Waals surface area contributed by atoms with E-state index >= 15 is 0 Å². The van der Waals surface area contributed by atoms with Crippen LogP contribution in [0.3, 0.4) is 0 Å². The van der Waals surface area contributed by atoms with Crippen molar-refractivity contribution in [2.45, 2.75) is 19.8 Å². The first-order chi connectivity index (χ1) is 13.7. The van der Waals surface area contributed by atoms with Crippen LogP contribution < -0.4 is 9.47 Å². The molecule has 1 aliphatic carbocycles. The summed E-state index contributed by atoms with van der Waals surface area (Å²) < 4.78 is 16.6. The van der Waals surface area contributed by atoms with Crippen molar-refractivity contribution in [3.8, 4) is 17.6 Å². The van der Waals surface area contributed by atoms with E-state index in [0.717, 1.165) is 46.6 Å². The van der Waals surface area contributed by atoms with Crippen molar-refractivity contribution in [1.82, 2.24) is 0 Å². The number of allylic oxidation sites excluding steroid dienone is 1. The summed E-state index contributed by atoms with van der Waals surface area (Å²) in [7, 11) is 3.33. The van der Waals surface area contributed by atoms with Gasteiger partial charge < -0.3 is 13.9 Å². The van der Waals surface area contributed by atoms with Gasteiger partial charge in [0.2, 0.25) is 0 Å². The molecule has 0 saturated carbocycles. The number of furan rings is 1. The third kappa shape index (κ3) is 2.95. The second-order valence-corrected chi connectivity index (χ2v) is 6.83. The minimum absolute atomic E-state index is 0.536. The van der Waals surface area contributed by atoms with E-state index in [0.29, 0.717) is 11.3 Å². The van der Waals surface area contributed by atoms with Crippen molar-refractivity contribution in [1.29, 1.82) is 5.26 Å². The summed E-state index contributed by atoms with van der Waals surface area (Å²) in [6, 6.07) is 16.1. The van der Waals surface area contributed by atoms with E-state index in [1.54, 1.807) is 26.5 Å². The number of methoxy groups -OCH3 is 2. The van der Waals surface area contributed by atoms with Crippen molar-refractivity contribution in [3.05, 3.63) is 82.3 Å². The van der Waals surface area contributed by atoms with E-state index in [9.17, 15) is 5.26 Å². The van der Waals surface area contributed by atoms with Crippen molar-refractivity contribution < 1.29 is 13.9 Å². The first kappa shape index (κ1) is 17.9. The maximum Gasteiger partial charge on any atom is 0.152 e. The Morgan fingerprint density at radius 2 is 1.71 bits per heavy atom. The molecule has 0 aliphatic heterocycles. The molecule has 4 rings (SSSR count). The molecule has 4 nitrogen and oxygen atoms in total. The zero-order chi connectivity index (χ0) is 19.7. The molecule has 0 atom stereocenters. The van der Waals surface area contributed by atoms with E-state index in [2.05, 4.69) is 31.2 Å². The Bertz CT molecular complexity index is 1100. The maximum absolute atomic E-state index is 9.59.